The highest BCUT2D eigenvalue weighted by molar-refractivity contribution is 9.10. The van der Waals surface area contributed by atoms with Gasteiger partial charge in [0.05, 0.1) is 16.3 Å². The number of rotatable bonds is 2. The minimum absolute atomic E-state index is 0.325. The first kappa shape index (κ1) is 13.7. The monoisotopic (exact) mass is 339 g/mol. The summed E-state index contributed by atoms with van der Waals surface area (Å²) in [5, 5.41) is 3.14. The van der Waals surface area contributed by atoms with Gasteiger partial charge in [0.15, 0.2) is 0 Å². The van der Waals surface area contributed by atoms with Gasteiger partial charge in [0.25, 0.3) is 5.91 Å². The Hall–Kier alpha value is -1.72. The molecule has 6 heteroatoms. The highest BCUT2D eigenvalue weighted by Gasteiger charge is 2.11. The molecule has 0 heterocycles. The second-order valence-electron chi connectivity index (χ2n) is 3.92. The molecule has 5 N–H and O–H groups in total. The minimum atomic E-state index is -0.332. The van der Waals surface area contributed by atoms with E-state index in [1.807, 2.05) is 0 Å². The van der Waals surface area contributed by atoms with Crippen LogP contribution in [0.5, 0.6) is 0 Å². The third-order valence-electron chi connectivity index (χ3n) is 2.50. The lowest BCUT2D eigenvalue weighted by Gasteiger charge is -2.09. The molecule has 0 unspecified atom stereocenters. The largest absolute Gasteiger partial charge is 0.399 e. The number of amides is 1. The lowest BCUT2D eigenvalue weighted by atomic mass is 10.1. The van der Waals surface area contributed by atoms with Gasteiger partial charge in [-0.15, -0.1) is 0 Å². The van der Waals surface area contributed by atoms with Crippen LogP contribution in [0.25, 0.3) is 0 Å². The molecule has 0 fully saturated rings. The molecule has 2 aromatic carbocycles. The van der Waals surface area contributed by atoms with E-state index in [9.17, 15) is 4.79 Å². The summed E-state index contributed by atoms with van der Waals surface area (Å²) in [6, 6.07) is 9.93. The molecule has 0 aromatic heterocycles. The van der Waals surface area contributed by atoms with E-state index in [2.05, 4.69) is 21.2 Å². The Bertz CT molecular complexity index is 646. The van der Waals surface area contributed by atoms with Crippen LogP contribution in [0.3, 0.4) is 0 Å². The maximum atomic E-state index is 12.1. The van der Waals surface area contributed by atoms with Gasteiger partial charge >= 0.3 is 0 Å². The summed E-state index contributed by atoms with van der Waals surface area (Å²) in [4.78, 5) is 12.1. The zero-order chi connectivity index (χ0) is 14.0. The number of hydrogen-bond acceptors (Lipinski definition) is 3. The number of nitrogen functional groups attached to an aromatic ring is 2. The van der Waals surface area contributed by atoms with Crippen LogP contribution in [-0.2, 0) is 0 Å². The number of hydrogen-bond donors (Lipinski definition) is 3. The molecule has 0 spiro atoms. The molecular formula is C13H11BrClN3O. The minimum Gasteiger partial charge on any atom is -0.399 e. The van der Waals surface area contributed by atoms with Crippen LogP contribution in [0.4, 0.5) is 17.1 Å². The lowest BCUT2D eigenvalue weighted by molar-refractivity contribution is 0.102. The Morgan fingerprint density at radius 3 is 2.53 bits per heavy atom. The van der Waals surface area contributed by atoms with Crippen LogP contribution in [0.15, 0.2) is 40.9 Å². The molecule has 0 saturated carbocycles. The number of halogens is 2. The van der Waals surface area contributed by atoms with Crippen molar-refractivity contribution in [2.24, 2.45) is 0 Å². The predicted octanol–water partition coefficient (Wildman–Crippen LogP) is 3.52. The third-order valence-corrected chi connectivity index (χ3v) is 3.31. The van der Waals surface area contributed by atoms with Crippen LogP contribution in [-0.4, -0.2) is 5.91 Å². The van der Waals surface area contributed by atoms with Crippen LogP contribution in [0, 0.1) is 0 Å². The number of carbonyl (C=O) groups is 1. The Kier molecular flexibility index (Phi) is 3.97. The highest BCUT2D eigenvalue weighted by Crippen LogP contribution is 2.26. The van der Waals surface area contributed by atoms with E-state index < -0.39 is 0 Å². The third kappa shape index (κ3) is 3.19. The van der Waals surface area contributed by atoms with Crippen LogP contribution in [0.2, 0.25) is 5.02 Å². The first-order chi connectivity index (χ1) is 8.97. The molecular weight excluding hydrogens is 330 g/mol. The number of nitrogens with two attached hydrogens (primary N) is 2. The van der Waals surface area contributed by atoms with E-state index in [0.29, 0.717) is 27.6 Å². The van der Waals surface area contributed by atoms with Crippen molar-refractivity contribution in [1.82, 2.24) is 0 Å². The fourth-order valence-corrected chi connectivity index (χ4v) is 2.29. The lowest BCUT2D eigenvalue weighted by Crippen LogP contribution is -2.14. The molecule has 0 saturated heterocycles. The quantitative estimate of drug-likeness (QED) is 0.732. The SMILES string of the molecule is Nc1ccc(C(=O)Nc2ccc(Br)cc2Cl)c(N)c1. The number of anilines is 3. The first-order valence-corrected chi connectivity index (χ1v) is 6.56. The molecule has 19 heavy (non-hydrogen) atoms. The van der Waals surface area contributed by atoms with Crippen molar-refractivity contribution in [2.75, 3.05) is 16.8 Å². The average molecular weight is 341 g/mol. The van der Waals surface area contributed by atoms with E-state index >= 15 is 0 Å². The van der Waals surface area contributed by atoms with E-state index in [1.165, 1.54) is 6.07 Å². The van der Waals surface area contributed by atoms with Gasteiger partial charge in [-0.1, -0.05) is 27.5 Å². The van der Waals surface area contributed by atoms with Gasteiger partial charge in [-0.05, 0) is 36.4 Å². The molecule has 1 amide bonds. The molecule has 0 aliphatic carbocycles. The Morgan fingerprint density at radius 1 is 1.16 bits per heavy atom. The average Bonchev–Trinajstić information content (AvgIpc) is 2.32. The maximum absolute atomic E-state index is 12.1. The summed E-state index contributed by atoms with van der Waals surface area (Å²) in [6.07, 6.45) is 0. The van der Waals surface area contributed by atoms with Gasteiger partial charge in [0, 0.05) is 15.8 Å². The second-order valence-corrected chi connectivity index (χ2v) is 5.25. The van der Waals surface area contributed by atoms with Crippen molar-refractivity contribution in [2.45, 2.75) is 0 Å². The standard InChI is InChI=1S/C13H11BrClN3O/c14-7-1-4-12(10(15)5-7)18-13(19)9-3-2-8(16)6-11(9)17/h1-6H,16-17H2,(H,18,19). The molecule has 4 nitrogen and oxygen atoms in total. The Balaban J connectivity index is 2.25. The van der Waals surface area contributed by atoms with Crippen LogP contribution in [0.1, 0.15) is 10.4 Å². The molecule has 0 radical (unpaired) electrons. The van der Waals surface area contributed by atoms with Gasteiger partial charge in [0.1, 0.15) is 0 Å². The highest BCUT2D eigenvalue weighted by atomic mass is 79.9. The number of nitrogens with one attached hydrogen (secondary N) is 1. The van der Waals surface area contributed by atoms with Gasteiger partial charge in [-0.25, -0.2) is 0 Å². The molecule has 0 atom stereocenters. The van der Waals surface area contributed by atoms with E-state index in [0.717, 1.165) is 4.47 Å². The summed E-state index contributed by atoms with van der Waals surface area (Å²) in [5.74, 6) is -0.332. The summed E-state index contributed by atoms with van der Waals surface area (Å²) in [5.41, 5.74) is 13.0. The van der Waals surface area contributed by atoms with Crippen molar-refractivity contribution >= 4 is 50.5 Å². The molecule has 0 aliphatic heterocycles. The molecule has 2 rings (SSSR count). The van der Waals surface area contributed by atoms with E-state index in [4.69, 9.17) is 23.1 Å². The molecule has 0 bridgehead atoms. The summed E-state index contributed by atoms with van der Waals surface area (Å²) < 4.78 is 0.836. The smallest absolute Gasteiger partial charge is 0.257 e. The fraction of sp³-hybridized carbons (Fsp3) is 0. The number of benzene rings is 2. The Morgan fingerprint density at radius 2 is 1.89 bits per heavy atom. The predicted molar refractivity (Wildman–Crippen MR) is 82.4 cm³/mol. The van der Waals surface area contributed by atoms with Crippen molar-refractivity contribution in [3.63, 3.8) is 0 Å². The van der Waals surface area contributed by atoms with E-state index in [-0.39, 0.29) is 5.91 Å². The Labute approximate surface area is 123 Å². The van der Waals surface area contributed by atoms with E-state index in [1.54, 1.807) is 30.3 Å². The van der Waals surface area contributed by atoms with Gasteiger partial charge < -0.3 is 16.8 Å². The molecule has 98 valence electrons. The van der Waals surface area contributed by atoms with Crippen molar-refractivity contribution in [3.05, 3.63) is 51.5 Å². The van der Waals surface area contributed by atoms with Crippen LogP contribution < -0.4 is 16.8 Å². The summed E-state index contributed by atoms with van der Waals surface area (Å²) in [7, 11) is 0. The molecule has 0 aliphatic rings. The summed E-state index contributed by atoms with van der Waals surface area (Å²) in [6.45, 7) is 0. The van der Waals surface area contributed by atoms with Crippen molar-refractivity contribution < 1.29 is 4.79 Å². The first-order valence-electron chi connectivity index (χ1n) is 5.39. The van der Waals surface area contributed by atoms with Gasteiger partial charge in [0.2, 0.25) is 0 Å². The summed E-state index contributed by atoms with van der Waals surface area (Å²) >= 11 is 9.33. The van der Waals surface area contributed by atoms with Crippen LogP contribution >= 0.6 is 27.5 Å². The zero-order valence-corrected chi connectivity index (χ0v) is 12.1. The maximum Gasteiger partial charge on any atom is 0.257 e. The zero-order valence-electron chi connectivity index (χ0n) is 9.78. The molecule has 2 aromatic rings. The fourth-order valence-electron chi connectivity index (χ4n) is 1.57. The topological polar surface area (TPSA) is 81.1 Å². The van der Waals surface area contributed by atoms with Gasteiger partial charge in [-0.2, -0.15) is 0 Å². The van der Waals surface area contributed by atoms with Crippen molar-refractivity contribution in [3.8, 4) is 0 Å². The second kappa shape index (κ2) is 5.50. The van der Waals surface area contributed by atoms with Gasteiger partial charge in [-0.3, -0.25) is 4.79 Å². The van der Waals surface area contributed by atoms with Crippen molar-refractivity contribution in [1.29, 1.82) is 0 Å². The normalized spacial score (nSPS) is 10.2. The number of carbonyl (C=O) groups excluding carboxylic acids is 1.